The highest BCUT2D eigenvalue weighted by Gasteiger charge is 2.18. The fraction of sp³-hybridized carbons (Fsp3) is 0.238. The number of anilines is 2. The zero-order valence-corrected chi connectivity index (χ0v) is 18.1. The Morgan fingerprint density at radius 2 is 1.77 bits per heavy atom. The molecule has 9 heteroatoms. The summed E-state index contributed by atoms with van der Waals surface area (Å²) in [6.07, 6.45) is 7.41. The van der Waals surface area contributed by atoms with Gasteiger partial charge < -0.3 is 15.5 Å². The largest absolute Gasteiger partial charge is 0.368 e. The first-order valence-corrected chi connectivity index (χ1v) is 10.5. The van der Waals surface area contributed by atoms with E-state index in [0.717, 1.165) is 58.9 Å². The fourth-order valence-corrected chi connectivity index (χ4v) is 4.04. The van der Waals surface area contributed by atoms with Crippen LogP contribution >= 0.6 is 15.9 Å². The van der Waals surface area contributed by atoms with E-state index in [1.807, 2.05) is 35.0 Å². The monoisotopic (exact) mass is 464 g/mol. The molecule has 8 nitrogen and oxygen atoms in total. The Balaban J connectivity index is 1.55. The van der Waals surface area contributed by atoms with Crippen LogP contribution in [0.5, 0.6) is 0 Å². The van der Waals surface area contributed by atoms with Crippen LogP contribution in [-0.4, -0.2) is 62.5 Å². The standard InChI is InChI=1S/C21H21BrN8/c1-28-6-8-29(9-7-28)15-3-4-17(24-10-15)16-11-26-21(23)27-20(16)18-12-25-19-5-2-14(22)13-30(18)19/h2-5,10-13H,6-9H2,1H3,(H2,23,26,27). The predicted octanol–water partition coefficient (Wildman–Crippen LogP) is 2.95. The summed E-state index contributed by atoms with van der Waals surface area (Å²) in [6.45, 7) is 4.12. The summed E-state index contributed by atoms with van der Waals surface area (Å²) in [5.74, 6) is 0.216. The number of hydrogen-bond donors (Lipinski definition) is 1. The third-order valence-electron chi connectivity index (χ3n) is 5.41. The summed E-state index contributed by atoms with van der Waals surface area (Å²) in [6, 6.07) is 8.03. The van der Waals surface area contributed by atoms with E-state index in [1.165, 1.54) is 0 Å². The van der Waals surface area contributed by atoms with E-state index in [4.69, 9.17) is 10.7 Å². The molecule has 0 aromatic carbocycles. The first-order chi connectivity index (χ1) is 14.6. The lowest BCUT2D eigenvalue weighted by Crippen LogP contribution is -2.44. The van der Waals surface area contributed by atoms with Gasteiger partial charge in [0.25, 0.3) is 0 Å². The number of likely N-dealkylation sites (N-methyl/N-ethyl adjacent to an activating group) is 1. The van der Waals surface area contributed by atoms with Crippen molar-refractivity contribution >= 4 is 33.2 Å². The van der Waals surface area contributed by atoms with Gasteiger partial charge in [-0.05, 0) is 47.2 Å². The van der Waals surface area contributed by atoms with Crippen LogP contribution in [0.3, 0.4) is 0 Å². The van der Waals surface area contributed by atoms with Gasteiger partial charge in [-0.2, -0.15) is 0 Å². The molecule has 4 aromatic rings. The highest BCUT2D eigenvalue weighted by molar-refractivity contribution is 9.10. The van der Waals surface area contributed by atoms with Crippen molar-refractivity contribution in [1.29, 1.82) is 0 Å². The number of imidazole rings is 1. The smallest absolute Gasteiger partial charge is 0.220 e. The zero-order valence-electron chi connectivity index (χ0n) is 16.5. The first-order valence-electron chi connectivity index (χ1n) is 9.74. The number of nitrogens with two attached hydrogens (primary N) is 1. The molecule has 1 saturated heterocycles. The van der Waals surface area contributed by atoms with Crippen molar-refractivity contribution in [3.8, 4) is 22.6 Å². The van der Waals surface area contributed by atoms with Gasteiger partial charge in [-0.3, -0.25) is 9.38 Å². The number of nitrogen functional groups attached to an aromatic ring is 1. The molecule has 0 spiro atoms. The summed E-state index contributed by atoms with van der Waals surface area (Å²) in [5.41, 5.74) is 11.0. The number of fused-ring (bicyclic) bond motifs is 1. The molecule has 0 amide bonds. The van der Waals surface area contributed by atoms with Crippen LogP contribution in [0.1, 0.15) is 0 Å². The minimum Gasteiger partial charge on any atom is -0.368 e. The molecule has 0 atom stereocenters. The second-order valence-electron chi connectivity index (χ2n) is 7.40. The Kier molecular flexibility index (Phi) is 4.84. The molecule has 1 aliphatic rings. The molecular formula is C21H21BrN8. The van der Waals surface area contributed by atoms with Gasteiger partial charge in [0.1, 0.15) is 11.3 Å². The van der Waals surface area contributed by atoms with Crippen LogP contribution in [0, 0.1) is 0 Å². The van der Waals surface area contributed by atoms with Crippen LogP contribution in [0.25, 0.3) is 28.3 Å². The number of piperazine rings is 1. The molecule has 152 valence electrons. The molecular weight excluding hydrogens is 444 g/mol. The van der Waals surface area contributed by atoms with Crippen molar-refractivity contribution < 1.29 is 0 Å². The molecule has 2 N–H and O–H groups in total. The molecule has 0 radical (unpaired) electrons. The van der Waals surface area contributed by atoms with Gasteiger partial charge in [0, 0.05) is 48.6 Å². The van der Waals surface area contributed by atoms with Crippen molar-refractivity contribution in [2.75, 3.05) is 43.9 Å². The highest BCUT2D eigenvalue weighted by Crippen LogP contribution is 2.31. The molecule has 30 heavy (non-hydrogen) atoms. The van der Waals surface area contributed by atoms with Crippen LogP contribution in [0.2, 0.25) is 0 Å². The van der Waals surface area contributed by atoms with Crippen molar-refractivity contribution in [2.45, 2.75) is 0 Å². The van der Waals surface area contributed by atoms with Gasteiger partial charge in [-0.1, -0.05) is 0 Å². The van der Waals surface area contributed by atoms with Gasteiger partial charge in [0.15, 0.2) is 0 Å². The Morgan fingerprint density at radius 1 is 0.933 bits per heavy atom. The van der Waals surface area contributed by atoms with Crippen molar-refractivity contribution in [3.63, 3.8) is 0 Å². The van der Waals surface area contributed by atoms with Gasteiger partial charge in [-0.25, -0.2) is 15.0 Å². The van der Waals surface area contributed by atoms with E-state index in [-0.39, 0.29) is 5.95 Å². The van der Waals surface area contributed by atoms with Crippen molar-refractivity contribution in [1.82, 2.24) is 29.2 Å². The third kappa shape index (κ3) is 3.50. The Hall–Kier alpha value is -3.04. The summed E-state index contributed by atoms with van der Waals surface area (Å²) >= 11 is 3.53. The molecule has 4 aromatic heterocycles. The summed E-state index contributed by atoms with van der Waals surface area (Å²) in [5, 5.41) is 0. The Bertz CT molecular complexity index is 1200. The highest BCUT2D eigenvalue weighted by atomic mass is 79.9. The molecule has 1 aliphatic heterocycles. The lowest BCUT2D eigenvalue weighted by atomic mass is 10.1. The lowest BCUT2D eigenvalue weighted by molar-refractivity contribution is 0.313. The second kappa shape index (κ2) is 7.66. The van der Waals surface area contributed by atoms with E-state index in [9.17, 15) is 0 Å². The average Bonchev–Trinajstić information content (AvgIpc) is 3.17. The van der Waals surface area contributed by atoms with Crippen LogP contribution in [0.15, 0.2) is 53.5 Å². The molecule has 0 saturated carbocycles. The summed E-state index contributed by atoms with van der Waals surface area (Å²) < 4.78 is 2.93. The number of aromatic nitrogens is 5. The number of halogens is 1. The first kappa shape index (κ1) is 19.0. The number of rotatable bonds is 3. The van der Waals surface area contributed by atoms with E-state index < -0.39 is 0 Å². The van der Waals surface area contributed by atoms with Crippen molar-refractivity contribution in [2.24, 2.45) is 0 Å². The second-order valence-corrected chi connectivity index (χ2v) is 8.32. The van der Waals surface area contributed by atoms with Crippen LogP contribution < -0.4 is 10.6 Å². The van der Waals surface area contributed by atoms with Crippen LogP contribution in [0.4, 0.5) is 11.6 Å². The zero-order chi connectivity index (χ0) is 20.7. The molecule has 1 fully saturated rings. The van der Waals surface area contributed by atoms with E-state index in [2.05, 4.69) is 53.8 Å². The van der Waals surface area contributed by atoms with Crippen molar-refractivity contribution in [3.05, 3.63) is 53.5 Å². The van der Waals surface area contributed by atoms with Gasteiger partial charge in [0.2, 0.25) is 5.95 Å². The average molecular weight is 465 g/mol. The molecule has 0 unspecified atom stereocenters. The normalized spacial score (nSPS) is 15.1. The Morgan fingerprint density at radius 3 is 2.53 bits per heavy atom. The summed E-state index contributed by atoms with van der Waals surface area (Å²) in [4.78, 5) is 22.7. The number of hydrogen-bond acceptors (Lipinski definition) is 7. The summed E-state index contributed by atoms with van der Waals surface area (Å²) in [7, 11) is 2.15. The maximum atomic E-state index is 5.93. The quantitative estimate of drug-likeness (QED) is 0.498. The van der Waals surface area contributed by atoms with E-state index >= 15 is 0 Å². The minimum absolute atomic E-state index is 0.216. The maximum Gasteiger partial charge on any atom is 0.220 e. The van der Waals surface area contributed by atoms with Gasteiger partial charge in [-0.15, -0.1) is 0 Å². The number of nitrogens with zero attached hydrogens (tertiary/aromatic N) is 7. The molecule has 0 aliphatic carbocycles. The molecule has 0 bridgehead atoms. The third-order valence-corrected chi connectivity index (χ3v) is 5.88. The van der Waals surface area contributed by atoms with E-state index in [0.29, 0.717) is 5.69 Å². The maximum absolute atomic E-state index is 5.93. The van der Waals surface area contributed by atoms with E-state index in [1.54, 1.807) is 12.4 Å². The predicted molar refractivity (Wildman–Crippen MR) is 121 cm³/mol. The van der Waals surface area contributed by atoms with Gasteiger partial charge in [0.05, 0.1) is 29.5 Å². The minimum atomic E-state index is 0.216. The SMILES string of the molecule is CN1CCN(c2ccc(-c3cnc(N)nc3-c3cnc4ccc(Br)cn34)nc2)CC1. The fourth-order valence-electron chi connectivity index (χ4n) is 3.71. The molecule has 5 heterocycles. The van der Waals surface area contributed by atoms with Gasteiger partial charge >= 0.3 is 0 Å². The number of pyridine rings is 2. The molecule has 5 rings (SSSR count). The lowest BCUT2D eigenvalue weighted by Gasteiger charge is -2.33. The topological polar surface area (TPSA) is 88.5 Å². The Labute approximate surface area is 182 Å². The van der Waals surface area contributed by atoms with Crippen LogP contribution in [-0.2, 0) is 0 Å².